The molecule has 1 unspecified atom stereocenters. The summed E-state index contributed by atoms with van der Waals surface area (Å²) in [6, 6.07) is 7.25. The first-order valence-electron chi connectivity index (χ1n) is 6.08. The van der Waals surface area contributed by atoms with Gasteiger partial charge in [0.1, 0.15) is 15.6 Å². The Balaban J connectivity index is 2.64. The Bertz CT molecular complexity index is 471. The second-order valence-corrected chi connectivity index (χ2v) is 6.71. The van der Waals surface area contributed by atoms with Crippen molar-refractivity contribution in [2.75, 3.05) is 18.6 Å². The van der Waals surface area contributed by atoms with Crippen LogP contribution >= 0.6 is 0 Å². The summed E-state index contributed by atoms with van der Waals surface area (Å²) in [7, 11) is -2.96. The molecule has 0 bridgehead atoms. The molecule has 0 amide bonds. The molecular weight excluding hydrogens is 250 g/mol. The molecule has 0 aliphatic carbocycles. The van der Waals surface area contributed by atoms with Gasteiger partial charge in [0, 0.05) is 12.3 Å². The molecular formula is C13H21NO3S. The van der Waals surface area contributed by atoms with Crippen LogP contribution in [-0.2, 0) is 9.84 Å². The van der Waals surface area contributed by atoms with Crippen molar-refractivity contribution in [1.29, 1.82) is 0 Å². The molecule has 1 atom stereocenters. The topological polar surface area (TPSA) is 69.4 Å². The van der Waals surface area contributed by atoms with Gasteiger partial charge >= 0.3 is 0 Å². The molecule has 0 aliphatic heterocycles. The van der Waals surface area contributed by atoms with Crippen LogP contribution in [0, 0.1) is 0 Å². The van der Waals surface area contributed by atoms with Gasteiger partial charge in [0.15, 0.2) is 0 Å². The minimum Gasteiger partial charge on any atom is -0.494 e. The van der Waals surface area contributed by atoms with E-state index in [2.05, 4.69) is 0 Å². The number of hydrogen-bond acceptors (Lipinski definition) is 4. The van der Waals surface area contributed by atoms with E-state index in [1.165, 1.54) is 6.26 Å². The SMILES string of the molecule is CCCOc1cccc(C(N)CCS(C)(=O)=O)c1. The minimum atomic E-state index is -2.96. The summed E-state index contributed by atoms with van der Waals surface area (Å²) in [5.74, 6) is 0.887. The Hall–Kier alpha value is -1.07. The smallest absolute Gasteiger partial charge is 0.147 e. The van der Waals surface area contributed by atoms with Crippen LogP contribution in [-0.4, -0.2) is 27.0 Å². The highest BCUT2D eigenvalue weighted by Crippen LogP contribution is 2.20. The van der Waals surface area contributed by atoms with E-state index in [4.69, 9.17) is 10.5 Å². The normalized spacial score (nSPS) is 13.3. The van der Waals surface area contributed by atoms with E-state index in [1.807, 2.05) is 31.2 Å². The van der Waals surface area contributed by atoms with Crippen LogP contribution in [0.2, 0.25) is 0 Å². The van der Waals surface area contributed by atoms with Crippen LogP contribution in [0.25, 0.3) is 0 Å². The summed E-state index contributed by atoms with van der Waals surface area (Å²) in [5.41, 5.74) is 6.89. The third-order valence-corrected chi connectivity index (χ3v) is 3.54. The molecule has 2 N–H and O–H groups in total. The van der Waals surface area contributed by atoms with Gasteiger partial charge in [-0.3, -0.25) is 0 Å². The third kappa shape index (κ3) is 5.51. The molecule has 0 aliphatic rings. The molecule has 18 heavy (non-hydrogen) atoms. The van der Waals surface area contributed by atoms with E-state index in [9.17, 15) is 8.42 Å². The maximum absolute atomic E-state index is 11.1. The lowest BCUT2D eigenvalue weighted by Crippen LogP contribution is -2.15. The molecule has 0 saturated heterocycles. The van der Waals surface area contributed by atoms with Crippen molar-refractivity contribution in [2.45, 2.75) is 25.8 Å². The number of sulfone groups is 1. The second kappa shape index (κ2) is 6.75. The van der Waals surface area contributed by atoms with Crippen molar-refractivity contribution in [2.24, 2.45) is 5.73 Å². The third-order valence-electron chi connectivity index (χ3n) is 2.56. The van der Waals surface area contributed by atoms with Gasteiger partial charge in [-0.25, -0.2) is 8.42 Å². The van der Waals surface area contributed by atoms with Gasteiger partial charge in [-0.2, -0.15) is 0 Å². The second-order valence-electron chi connectivity index (χ2n) is 4.45. The molecule has 0 fully saturated rings. The predicted octanol–water partition coefficient (Wildman–Crippen LogP) is 1.91. The molecule has 0 spiro atoms. The summed E-state index contributed by atoms with van der Waals surface area (Å²) in [6.45, 7) is 2.71. The van der Waals surface area contributed by atoms with Gasteiger partial charge in [-0.1, -0.05) is 19.1 Å². The molecule has 1 aromatic carbocycles. The monoisotopic (exact) mass is 271 g/mol. The summed E-state index contributed by atoms with van der Waals surface area (Å²) in [4.78, 5) is 0. The highest BCUT2D eigenvalue weighted by atomic mass is 32.2. The number of rotatable bonds is 7. The van der Waals surface area contributed by atoms with Crippen LogP contribution in [0.4, 0.5) is 0 Å². The predicted molar refractivity (Wildman–Crippen MR) is 73.5 cm³/mol. The van der Waals surface area contributed by atoms with E-state index in [0.29, 0.717) is 13.0 Å². The van der Waals surface area contributed by atoms with Crippen molar-refractivity contribution in [3.05, 3.63) is 29.8 Å². The van der Waals surface area contributed by atoms with Crippen molar-refractivity contribution in [3.63, 3.8) is 0 Å². The van der Waals surface area contributed by atoms with Crippen molar-refractivity contribution < 1.29 is 13.2 Å². The first kappa shape index (κ1) is 15.0. The Morgan fingerprint density at radius 1 is 1.39 bits per heavy atom. The Morgan fingerprint density at radius 2 is 2.11 bits per heavy atom. The van der Waals surface area contributed by atoms with Gasteiger partial charge < -0.3 is 10.5 Å². The Morgan fingerprint density at radius 3 is 2.72 bits per heavy atom. The zero-order chi connectivity index (χ0) is 13.6. The van der Waals surface area contributed by atoms with Gasteiger partial charge in [0.05, 0.1) is 12.4 Å². The molecule has 1 aromatic rings. The van der Waals surface area contributed by atoms with Gasteiger partial charge in [0.25, 0.3) is 0 Å². The van der Waals surface area contributed by atoms with Crippen LogP contribution in [0.1, 0.15) is 31.4 Å². The van der Waals surface area contributed by atoms with E-state index in [-0.39, 0.29) is 11.8 Å². The molecule has 1 rings (SSSR count). The summed E-state index contributed by atoms with van der Waals surface area (Å²) < 4.78 is 27.7. The van der Waals surface area contributed by atoms with Gasteiger partial charge in [-0.15, -0.1) is 0 Å². The number of benzene rings is 1. The molecule has 0 saturated carbocycles. The quantitative estimate of drug-likeness (QED) is 0.822. The molecule has 102 valence electrons. The molecule has 0 aromatic heterocycles. The molecule has 5 heteroatoms. The highest BCUT2D eigenvalue weighted by molar-refractivity contribution is 7.90. The highest BCUT2D eigenvalue weighted by Gasteiger charge is 2.10. The van der Waals surface area contributed by atoms with Crippen LogP contribution in [0.15, 0.2) is 24.3 Å². The van der Waals surface area contributed by atoms with Crippen LogP contribution in [0.3, 0.4) is 0 Å². The molecule has 0 radical (unpaired) electrons. The van der Waals surface area contributed by atoms with Crippen LogP contribution < -0.4 is 10.5 Å². The Labute approximate surface area is 109 Å². The fraction of sp³-hybridized carbons (Fsp3) is 0.538. The lowest BCUT2D eigenvalue weighted by Gasteiger charge is -2.13. The summed E-state index contributed by atoms with van der Waals surface area (Å²) in [6.07, 6.45) is 2.60. The van der Waals surface area contributed by atoms with E-state index >= 15 is 0 Å². The van der Waals surface area contributed by atoms with Crippen molar-refractivity contribution in [3.8, 4) is 5.75 Å². The lowest BCUT2D eigenvalue weighted by molar-refractivity contribution is 0.317. The largest absolute Gasteiger partial charge is 0.494 e. The fourth-order valence-corrected chi connectivity index (χ4v) is 2.24. The lowest BCUT2D eigenvalue weighted by atomic mass is 10.1. The number of hydrogen-bond donors (Lipinski definition) is 1. The van der Waals surface area contributed by atoms with Gasteiger partial charge in [0.2, 0.25) is 0 Å². The van der Waals surface area contributed by atoms with E-state index in [1.54, 1.807) is 0 Å². The van der Waals surface area contributed by atoms with E-state index in [0.717, 1.165) is 17.7 Å². The number of nitrogens with two attached hydrogens (primary N) is 1. The zero-order valence-electron chi connectivity index (χ0n) is 10.9. The number of ether oxygens (including phenoxy) is 1. The first-order chi connectivity index (χ1) is 8.42. The first-order valence-corrected chi connectivity index (χ1v) is 8.14. The minimum absolute atomic E-state index is 0.105. The zero-order valence-corrected chi connectivity index (χ0v) is 11.7. The average molecular weight is 271 g/mol. The summed E-state index contributed by atoms with van der Waals surface area (Å²) in [5, 5.41) is 0. The van der Waals surface area contributed by atoms with Crippen molar-refractivity contribution in [1.82, 2.24) is 0 Å². The molecule has 4 nitrogen and oxygen atoms in total. The van der Waals surface area contributed by atoms with Gasteiger partial charge in [-0.05, 0) is 30.5 Å². The maximum Gasteiger partial charge on any atom is 0.147 e. The maximum atomic E-state index is 11.1. The average Bonchev–Trinajstić information content (AvgIpc) is 2.33. The Kier molecular flexibility index (Phi) is 5.62. The van der Waals surface area contributed by atoms with Crippen molar-refractivity contribution >= 4 is 9.84 Å². The van der Waals surface area contributed by atoms with E-state index < -0.39 is 9.84 Å². The fourth-order valence-electron chi connectivity index (χ4n) is 1.56. The molecule has 0 heterocycles. The summed E-state index contributed by atoms with van der Waals surface area (Å²) >= 11 is 0. The standard InChI is InChI=1S/C13H21NO3S/c1-3-8-17-12-6-4-5-11(10-12)13(14)7-9-18(2,15)16/h4-6,10,13H,3,7-9,14H2,1-2H3. The van der Waals surface area contributed by atoms with Crippen LogP contribution in [0.5, 0.6) is 5.75 Å².